The zero-order chi connectivity index (χ0) is 22.1. The molecule has 4 rings (SSSR count). The Hall–Kier alpha value is -3.53. The molecule has 0 bridgehead atoms. The summed E-state index contributed by atoms with van der Waals surface area (Å²) < 4.78 is 4.44. The minimum Gasteiger partial charge on any atom is -0.346 e. The second-order valence-corrected chi connectivity index (χ2v) is 8.07. The molecule has 158 valence electrons. The van der Waals surface area contributed by atoms with Gasteiger partial charge in [0.15, 0.2) is 0 Å². The van der Waals surface area contributed by atoms with Crippen molar-refractivity contribution in [2.75, 3.05) is 0 Å². The first kappa shape index (κ1) is 20.7. The number of hydrogen-bond acceptors (Lipinski definition) is 5. The number of aromatic nitrogens is 4. The Bertz CT molecular complexity index is 1290. The molecule has 0 radical (unpaired) electrons. The van der Waals surface area contributed by atoms with Gasteiger partial charge in [-0.1, -0.05) is 12.1 Å². The lowest BCUT2D eigenvalue weighted by Crippen LogP contribution is -2.22. The van der Waals surface area contributed by atoms with Crippen LogP contribution in [0.25, 0.3) is 5.65 Å². The number of pyridine rings is 1. The van der Waals surface area contributed by atoms with Gasteiger partial charge in [-0.25, -0.2) is 4.98 Å². The third kappa shape index (κ3) is 4.33. The lowest BCUT2D eigenvalue weighted by Gasteiger charge is -2.06. The second-order valence-electron chi connectivity index (χ2n) is 7.16. The lowest BCUT2D eigenvalue weighted by molar-refractivity contribution is -0.386. The fourth-order valence-corrected chi connectivity index (χ4v) is 3.77. The topological polar surface area (TPSA) is 107 Å². The summed E-state index contributed by atoms with van der Waals surface area (Å²) in [7, 11) is 0. The van der Waals surface area contributed by atoms with Crippen molar-refractivity contribution in [3.05, 3.63) is 91.6 Å². The number of halogens is 1. The molecule has 0 aliphatic carbocycles. The van der Waals surface area contributed by atoms with E-state index in [9.17, 15) is 14.9 Å². The SMILES string of the molecule is Cc1nn(Cc2ccc(C(=O)NCc3cn4cc(Br)ccc4n3)cc2)c(C)c1[N+](=O)[O-]. The molecule has 4 aromatic rings. The average Bonchev–Trinajstić information content (AvgIpc) is 3.26. The number of imidazole rings is 1. The third-order valence-electron chi connectivity index (χ3n) is 4.97. The largest absolute Gasteiger partial charge is 0.346 e. The summed E-state index contributed by atoms with van der Waals surface area (Å²) in [5, 5.41) is 18.3. The summed E-state index contributed by atoms with van der Waals surface area (Å²) >= 11 is 3.42. The van der Waals surface area contributed by atoms with Crippen molar-refractivity contribution >= 4 is 33.2 Å². The Labute approximate surface area is 186 Å². The van der Waals surface area contributed by atoms with Crippen LogP contribution < -0.4 is 5.32 Å². The highest BCUT2D eigenvalue weighted by atomic mass is 79.9. The van der Waals surface area contributed by atoms with Crippen molar-refractivity contribution in [2.45, 2.75) is 26.9 Å². The molecular formula is C21H19BrN6O3. The first-order valence-corrected chi connectivity index (χ1v) is 10.3. The molecule has 0 saturated carbocycles. The van der Waals surface area contributed by atoms with Crippen LogP contribution in [-0.2, 0) is 13.1 Å². The first-order valence-electron chi connectivity index (χ1n) is 9.50. The van der Waals surface area contributed by atoms with Crippen LogP contribution in [0.4, 0.5) is 5.69 Å². The smallest absolute Gasteiger partial charge is 0.312 e. The number of aryl methyl sites for hydroxylation is 1. The highest BCUT2D eigenvalue weighted by molar-refractivity contribution is 9.10. The molecule has 0 aliphatic heterocycles. The Balaban J connectivity index is 1.41. The van der Waals surface area contributed by atoms with Crippen LogP contribution in [0.5, 0.6) is 0 Å². The zero-order valence-electron chi connectivity index (χ0n) is 16.9. The quantitative estimate of drug-likeness (QED) is 0.332. The number of nitro groups is 1. The van der Waals surface area contributed by atoms with Crippen LogP contribution in [0.1, 0.15) is 33.0 Å². The Morgan fingerprint density at radius 1 is 1.16 bits per heavy atom. The van der Waals surface area contributed by atoms with Gasteiger partial charge < -0.3 is 9.72 Å². The number of nitrogens with one attached hydrogen (secondary N) is 1. The molecule has 10 heteroatoms. The molecule has 0 saturated heterocycles. The monoisotopic (exact) mass is 482 g/mol. The van der Waals surface area contributed by atoms with E-state index in [4.69, 9.17) is 0 Å². The van der Waals surface area contributed by atoms with Crippen LogP contribution in [0, 0.1) is 24.0 Å². The molecule has 31 heavy (non-hydrogen) atoms. The van der Waals surface area contributed by atoms with Crippen LogP contribution in [0.2, 0.25) is 0 Å². The Morgan fingerprint density at radius 2 is 1.90 bits per heavy atom. The van der Waals surface area contributed by atoms with Gasteiger partial charge >= 0.3 is 5.69 Å². The number of nitrogens with zero attached hydrogens (tertiary/aromatic N) is 5. The lowest BCUT2D eigenvalue weighted by atomic mass is 10.1. The van der Waals surface area contributed by atoms with Crippen LogP contribution in [-0.4, -0.2) is 30.0 Å². The molecule has 1 amide bonds. The first-order chi connectivity index (χ1) is 14.8. The minimum atomic E-state index is -0.413. The van der Waals surface area contributed by atoms with Gasteiger partial charge in [-0.15, -0.1) is 0 Å². The number of carbonyl (C=O) groups is 1. The van der Waals surface area contributed by atoms with E-state index >= 15 is 0 Å². The van der Waals surface area contributed by atoms with Crippen molar-refractivity contribution in [1.29, 1.82) is 0 Å². The average molecular weight is 483 g/mol. The van der Waals surface area contributed by atoms with Gasteiger partial charge in [0, 0.05) is 22.4 Å². The third-order valence-corrected chi connectivity index (χ3v) is 5.44. The normalized spacial score (nSPS) is 11.1. The summed E-state index contributed by atoms with van der Waals surface area (Å²) in [5.74, 6) is -0.202. The van der Waals surface area contributed by atoms with E-state index in [0.29, 0.717) is 30.0 Å². The molecule has 1 N–H and O–H groups in total. The maximum absolute atomic E-state index is 12.5. The van der Waals surface area contributed by atoms with E-state index in [0.717, 1.165) is 21.4 Å². The van der Waals surface area contributed by atoms with Crippen molar-refractivity contribution in [3.8, 4) is 0 Å². The van der Waals surface area contributed by atoms with Crippen molar-refractivity contribution in [2.24, 2.45) is 0 Å². The minimum absolute atomic E-state index is 0.0373. The summed E-state index contributed by atoms with van der Waals surface area (Å²) in [6, 6.07) is 10.9. The predicted octanol–water partition coefficient (Wildman–Crippen LogP) is 3.80. The molecule has 0 fully saturated rings. The number of rotatable bonds is 6. The van der Waals surface area contributed by atoms with E-state index in [1.165, 1.54) is 0 Å². The van der Waals surface area contributed by atoms with Gasteiger partial charge in [0.2, 0.25) is 0 Å². The van der Waals surface area contributed by atoms with Gasteiger partial charge in [0.05, 0.1) is 23.7 Å². The zero-order valence-corrected chi connectivity index (χ0v) is 18.5. The summed E-state index contributed by atoms with van der Waals surface area (Å²) in [6.45, 7) is 4.00. The Morgan fingerprint density at radius 3 is 2.58 bits per heavy atom. The van der Waals surface area contributed by atoms with E-state index < -0.39 is 4.92 Å². The van der Waals surface area contributed by atoms with Gasteiger partial charge in [-0.2, -0.15) is 5.10 Å². The molecule has 0 spiro atoms. The Kier molecular flexibility index (Phi) is 5.55. The summed E-state index contributed by atoms with van der Waals surface area (Å²) in [6.07, 6.45) is 3.78. The predicted molar refractivity (Wildman–Crippen MR) is 118 cm³/mol. The van der Waals surface area contributed by atoms with Crippen LogP contribution in [0.15, 0.2) is 53.3 Å². The van der Waals surface area contributed by atoms with Gasteiger partial charge in [0.1, 0.15) is 17.0 Å². The number of hydrogen-bond donors (Lipinski definition) is 1. The van der Waals surface area contributed by atoms with Crippen molar-refractivity contribution < 1.29 is 9.72 Å². The molecule has 1 aromatic carbocycles. The van der Waals surface area contributed by atoms with E-state index in [1.807, 2.05) is 41.1 Å². The molecule has 3 heterocycles. The van der Waals surface area contributed by atoms with E-state index in [-0.39, 0.29) is 11.6 Å². The van der Waals surface area contributed by atoms with E-state index in [2.05, 4.69) is 31.3 Å². The number of fused-ring (bicyclic) bond motifs is 1. The fraction of sp³-hybridized carbons (Fsp3) is 0.190. The maximum Gasteiger partial charge on any atom is 0.312 e. The number of carbonyl (C=O) groups excluding carboxylic acids is 1. The molecule has 0 aliphatic rings. The van der Waals surface area contributed by atoms with Crippen LogP contribution >= 0.6 is 15.9 Å². The molecule has 0 unspecified atom stereocenters. The second kappa shape index (κ2) is 8.31. The van der Waals surface area contributed by atoms with Crippen LogP contribution in [0.3, 0.4) is 0 Å². The maximum atomic E-state index is 12.5. The molecule has 3 aromatic heterocycles. The molecular weight excluding hydrogens is 464 g/mol. The number of amides is 1. The standard InChI is InChI=1S/C21H19BrN6O3/c1-13-20(28(30)31)14(2)27(25-13)10-15-3-5-16(6-4-15)21(29)23-9-18-12-26-11-17(22)7-8-19(26)24-18/h3-8,11-12H,9-10H2,1-2H3,(H,23,29). The molecule has 9 nitrogen and oxygen atoms in total. The molecule has 0 atom stereocenters. The summed E-state index contributed by atoms with van der Waals surface area (Å²) in [5.41, 5.74) is 3.91. The highest BCUT2D eigenvalue weighted by Gasteiger charge is 2.21. The van der Waals surface area contributed by atoms with Gasteiger partial charge in [-0.3, -0.25) is 19.6 Å². The van der Waals surface area contributed by atoms with Gasteiger partial charge in [0.25, 0.3) is 5.91 Å². The van der Waals surface area contributed by atoms with Gasteiger partial charge in [-0.05, 0) is 59.6 Å². The summed E-state index contributed by atoms with van der Waals surface area (Å²) in [4.78, 5) is 27.7. The van der Waals surface area contributed by atoms with Crippen molar-refractivity contribution in [1.82, 2.24) is 24.5 Å². The highest BCUT2D eigenvalue weighted by Crippen LogP contribution is 2.22. The number of benzene rings is 1. The fourth-order valence-electron chi connectivity index (χ4n) is 3.42. The van der Waals surface area contributed by atoms with E-state index in [1.54, 1.807) is 30.7 Å². The van der Waals surface area contributed by atoms with Crippen molar-refractivity contribution in [3.63, 3.8) is 0 Å².